The summed E-state index contributed by atoms with van der Waals surface area (Å²) in [4.78, 5) is 23.7. The van der Waals surface area contributed by atoms with Crippen molar-refractivity contribution >= 4 is 11.7 Å². The number of rotatable bonds is 6. The first-order valence-corrected chi connectivity index (χ1v) is 7.81. The molecule has 0 aliphatic heterocycles. The zero-order chi connectivity index (χ0) is 15.9. The van der Waals surface area contributed by atoms with Crippen LogP contribution in [-0.4, -0.2) is 28.9 Å². The zero-order valence-corrected chi connectivity index (χ0v) is 12.6. The minimum Gasteiger partial charge on any atom is -0.393 e. The number of hydrogen-bond donors (Lipinski definition) is 2. The summed E-state index contributed by atoms with van der Waals surface area (Å²) in [5, 5.41) is 12.4. The van der Waals surface area contributed by atoms with Crippen molar-refractivity contribution in [2.75, 3.05) is 0 Å². The van der Waals surface area contributed by atoms with Gasteiger partial charge in [0.1, 0.15) is 5.82 Å². The number of amides is 1. The van der Waals surface area contributed by atoms with E-state index in [4.69, 9.17) is 0 Å². The number of hydrogen-bond acceptors (Lipinski definition) is 3. The van der Waals surface area contributed by atoms with Crippen LogP contribution in [0.25, 0.3) is 0 Å². The van der Waals surface area contributed by atoms with Crippen molar-refractivity contribution in [2.24, 2.45) is 0 Å². The number of halogens is 1. The van der Waals surface area contributed by atoms with Crippen molar-refractivity contribution in [2.45, 2.75) is 57.1 Å². The molecule has 0 bridgehead atoms. The third-order valence-corrected chi connectivity index (χ3v) is 4.04. The molecule has 1 fully saturated rings. The highest BCUT2D eigenvalue weighted by Crippen LogP contribution is 2.18. The molecule has 120 valence electrons. The standard InChI is InChI=1S/C17H22FNO3/c18-13-6-4-12(5-7-13)16(21)2-1-3-17(22)19-14-8-10-15(20)11-9-14/h4-7,14-15,20H,1-3,8-11H2,(H,19,22). The quantitative estimate of drug-likeness (QED) is 0.794. The zero-order valence-electron chi connectivity index (χ0n) is 12.6. The van der Waals surface area contributed by atoms with Gasteiger partial charge in [0.15, 0.2) is 5.78 Å². The van der Waals surface area contributed by atoms with Gasteiger partial charge in [-0.1, -0.05) is 0 Å². The van der Waals surface area contributed by atoms with Crippen LogP contribution >= 0.6 is 0 Å². The van der Waals surface area contributed by atoms with Crippen LogP contribution in [0, 0.1) is 5.82 Å². The van der Waals surface area contributed by atoms with E-state index >= 15 is 0 Å². The smallest absolute Gasteiger partial charge is 0.220 e. The normalized spacial score (nSPS) is 21.4. The second kappa shape index (κ2) is 8.03. The SMILES string of the molecule is O=C(CCCC(=O)c1ccc(F)cc1)NC1CCC(O)CC1. The first-order chi connectivity index (χ1) is 10.5. The predicted octanol–water partition coefficient (Wildman–Crippen LogP) is 2.60. The molecule has 1 saturated carbocycles. The Morgan fingerprint density at radius 2 is 1.73 bits per heavy atom. The minimum absolute atomic E-state index is 0.0479. The summed E-state index contributed by atoms with van der Waals surface area (Å²) < 4.78 is 12.8. The summed E-state index contributed by atoms with van der Waals surface area (Å²) in [6, 6.07) is 5.59. The average molecular weight is 307 g/mol. The maximum atomic E-state index is 12.8. The molecule has 5 heteroatoms. The Morgan fingerprint density at radius 3 is 2.36 bits per heavy atom. The van der Waals surface area contributed by atoms with E-state index in [0.717, 1.165) is 25.7 Å². The molecule has 0 heterocycles. The fourth-order valence-electron chi connectivity index (χ4n) is 2.71. The minimum atomic E-state index is -0.367. The van der Waals surface area contributed by atoms with Gasteiger partial charge in [-0.2, -0.15) is 0 Å². The van der Waals surface area contributed by atoms with Crippen molar-refractivity contribution in [1.82, 2.24) is 5.32 Å². The molecular formula is C17H22FNO3. The van der Waals surface area contributed by atoms with E-state index in [1.165, 1.54) is 24.3 Å². The van der Waals surface area contributed by atoms with Crippen molar-refractivity contribution in [3.05, 3.63) is 35.6 Å². The van der Waals surface area contributed by atoms with E-state index in [9.17, 15) is 19.1 Å². The molecule has 0 spiro atoms. The lowest BCUT2D eigenvalue weighted by Gasteiger charge is -2.26. The number of ketones is 1. The van der Waals surface area contributed by atoms with Crippen LogP contribution < -0.4 is 5.32 Å². The van der Waals surface area contributed by atoms with Crippen molar-refractivity contribution in [1.29, 1.82) is 0 Å². The number of benzene rings is 1. The first-order valence-electron chi connectivity index (χ1n) is 7.81. The van der Waals surface area contributed by atoms with E-state index in [0.29, 0.717) is 18.4 Å². The fourth-order valence-corrected chi connectivity index (χ4v) is 2.71. The van der Waals surface area contributed by atoms with Gasteiger partial charge in [-0.15, -0.1) is 0 Å². The van der Waals surface area contributed by atoms with Gasteiger partial charge in [0.25, 0.3) is 0 Å². The summed E-state index contributed by atoms with van der Waals surface area (Å²) in [7, 11) is 0. The summed E-state index contributed by atoms with van der Waals surface area (Å²) >= 11 is 0. The van der Waals surface area contributed by atoms with Gasteiger partial charge in [-0.3, -0.25) is 9.59 Å². The molecule has 2 N–H and O–H groups in total. The maximum absolute atomic E-state index is 12.8. The third kappa shape index (κ3) is 5.22. The molecule has 0 saturated heterocycles. The van der Waals surface area contributed by atoms with Crippen molar-refractivity contribution < 1.29 is 19.1 Å². The molecule has 22 heavy (non-hydrogen) atoms. The van der Waals surface area contributed by atoms with Gasteiger partial charge in [0, 0.05) is 24.4 Å². The fraction of sp³-hybridized carbons (Fsp3) is 0.529. The molecular weight excluding hydrogens is 285 g/mol. The molecule has 4 nitrogen and oxygen atoms in total. The van der Waals surface area contributed by atoms with Crippen LogP contribution in [0.1, 0.15) is 55.3 Å². The largest absolute Gasteiger partial charge is 0.393 e. The molecule has 1 aromatic rings. The Morgan fingerprint density at radius 1 is 1.09 bits per heavy atom. The van der Waals surface area contributed by atoms with E-state index < -0.39 is 0 Å². The molecule has 0 radical (unpaired) electrons. The van der Waals surface area contributed by atoms with Gasteiger partial charge in [0.05, 0.1) is 6.10 Å². The lowest BCUT2D eigenvalue weighted by atomic mass is 9.93. The van der Waals surface area contributed by atoms with E-state index in [-0.39, 0.29) is 36.1 Å². The van der Waals surface area contributed by atoms with Gasteiger partial charge >= 0.3 is 0 Å². The van der Waals surface area contributed by atoms with Crippen LogP contribution in [-0.2, 0) is 4.79 Å². The first kappa shape index (κ1) is 16.6. The summed E-state index contributed by atoms with van der Waals surface area (Å²) in [6.45, 7) is 0. The second-order valence-corrected chi connectivity index (χ2v) is 5.86. The molecule has 0 atom stereocenters. The lowest BCUT2D eigenvalue weighted by molar-refractivity contribution is -0.122. The molecule has 0 unspecified atom stereocenters. The molecule has 1 aromatic carbocycles. The van der Waals surface area contributed by atoms with E-state index in [1.807, 2.05) is 0 Å². The number of carbonyl (C=O) groups is 2. The van der Waals surface area contributed by atoms with E-state index in [2.05, 4.69) is 5.32 Å². The summed E-state index contributed by atoms with van der Waals surface area (Å²) in [5.41, 5.74) is 0.475. The highest BCUT2D eigenvalue weighted by atomic mass is 19.1. The van der Waals surface area contributed by atoms with Crippen LogP contribution in [0.5, 0.6) is 0 Å². The number of aliphatic hydroxyl groups is 1. The van der Waals surface area contributed by atoms with E-state index in [1.54, 1.807) is 0 Å². The topological polar surface area (TPSA) is 66.4 Å². The Bertz CT molecular complexity index is 507. The highest BCUT2D eigenvalue weighted by Gasteiger charge is 2.20. The Hall–Kier alpha value is -1.75. The number of carbonyl (C=O) groups excluding carboxylic acids is 2. The Kier molecular flexibility index (Phi) is 6.07. The van der Waals surface area contributed by atoms with Crippen LogP contribution in [0.15, 0.2) is 24.3 Å². The number of Topliss-reactive ketones (excluding diaryl/α,β-unsaturated/α-hetero) is 1. The van der Waals surface area contributed by atoms with Gasteiger partial charge in [-0.05, 0) is 56.4 Å². The Balaban J connectivity index is 1.66. The number of aliphatic hydroxyl groups excluding tert-OH is 1. The average Bonchev–Trinajstić information content (AvgIpc) is 2.50. The van der Waals surface area contributed by atoms with Gasteiger partial charge in [0.2, 0.25) is 5.91 Å². The highest BCUT2D eigenvalue weighted by molar-refractivity contribution is 5.96. The summed E-state index contributed by atoms with van der Waals surface area (Å²) in [6.07, 6.45) is 3.91. The Labute approximate surface area is 129 Å². The summed E-state index contributed by atoms with van der Waals surface area (Å²) in [5.74, 6) is -0.490. The lowest BCUT2D eigenvalue weighted by Crippen LogP contribution is -2.38. The predicted molar refractivity (Wildman–Crippen MR) is 81.0 cm³/mol. The van der Waals surface area contributed by atoms with Crippen LogP contribution in [0.4, 0.5) is 4.39 Å². The van der Waals surface area contributed by atoms with Crippen LogP contribution in [0.3, 0.4) is 0 Å². The monoisotopic (exact) mass is 307 g/mol. The number of nitrogens with one attached hydrogen (secondary N) is 1. The van der Waals surface area contributed by atoms with Gasteiger partial charge < -0.3 is 10.4 Å². The third-order valence-electron chi connectivity index (χ3n) is 4.04. The second-order valence-electron chi connectivity index (χ2n) is 5.86. The van der Waals surface area contributed by atoms with Crippen molar-refractivity contribution in [3.63, 3.8) is 0 Å². The molecule has 1 aliphatic rings. The molecule has 0 aromatic heterocycles. The van der Waals surface area contributed by atoms with Crippen LogP contribution in [0.2, 0.25) is 0 Å². The van der Waals surface area contributed by atoms with Crippen molar-refractivity contribution in [3.8, 4) is 0 Å². The maximum Gasteiger partial charge on any atom is 0.220 e. The molecule has 1 amide bonds. The van der Waals surface area contributed by atoms with Gasteiger partial charge in [-0.25, -0.2) is 4.39 Å². The molecule has 2 rings (SSSR count). The molecule has 1 aliphatic carbocycles.